The van der Waals surface area contributed by atoms with Gasteiger partial charge in [0.25, 0.3) is 0 Å². The van der Waals surface area contributed by atoms with Crippen LogP contribution < -0.4 is 0 Å². The molecule has 1 unspecified atom stereocenters. The molecule has 1 aromatic heterocycles. The molecule has 0 fully saturated rings. The number of halogens is 2. The Morgan fingerprint density at radius 3 is 2.67 bits per heavy atom. The van der Waals surface area contributed by atoms with Gasteiger partial charge in [0.1, 0.15) is 0 Å². The smallest absolute Gasteiger partial charge is 0.0730 e. The highest BCUT2D eigenvalue weighted by atomic mass is 127. The molecule has 0 N–H and O–H groups in total. The van der Waals surface area contributed by atoms with Crippen molar-refractivity contribution in [1.29, 1.82) is 0 Å². The summed E-state index contributed by atoms with van der Waals surface area (Å²) in [6.45, 7) is 2.02. The first-order valence-electron chi connectivity index (χ1n) is 2.32. The molecule has 0 amide bonds. The van der Waals surface area contributed by atoms with Crippen LogP contribution in [-0.4, -0.2) is 9.55 Å². The molecule has 0 bridgehead atoms. The monoisotopic (exact) mass is 366 g/mol. The van der Waals surface area contributed by atoms with Crippen molar-refractivity contribution in [2.75, 3.05) is 0 Å². The average Bonchev–Trinajstić information content (AvgIpc) is 2.13. The van der Waals surface area contributed by atoms with E-state index in [0.717, 1.165) is 12.1 Å². The molecule has 0 aliphatic carbocycles. The SMILES string of the molecule is Cc1nn(PI)cc1I. The molecule has 1 rings (SSSR count). The maximum atomic E-state index is 4.24. The van der Waals surface area contributed by atoms with Gasteiger partial charge in [-0.3, -0.25) is 0 Å². The van der Waals surface area contributed by atoms with E-state index >= 15 is 0 Å². The largest absolute Gasteiger partial charge is 0.244 e. The van der Waals surface area contributed by atoms with Crippen molar-refractivity contribution in [2.24, 2.45) is 0 Å². The van der Waals surface area contributed by atoms with Crippen molar-refractivity contribution in [2.45, 2.75) is 6.92 Å². The second kappa shape index (κ2) is 3.48. The highest BCUT2D eigenvalue weighted by molar-refractivity contribution is 14.2. The lowest BCUT2D eigenvalue weighted by molar-refractivity contribution is 0.978. The summed E-state index contributed by atoms with van der Waals surface area (Å²) in [6.07, 6.45) is 2.77. The topological polar surface area (TPSA) is 17.8 Å². The summed E-state index contributed by atoms with van der Waals surface area (Å²) in [4.78, 5) is 0. The first-order chi connectivity index (χ1) is 4.24. The second-order valence-electron chi connectivity index (χ2n) is 1.59. The Balaban J connectivity index is 2.98. The number of nitrogens with zero attached hydrogens (tertiary/aromatic N) is 2. The van der Waals surface area contributed by atoms with E-state index in [2.05, 4.69) is 55.9 Å². The first kappa shape index (κ1) is 8.20. The molecular weight excluding hydrogens is 361 g/mol. The molecule has 0 spiro atoms. The summed E-state index contributed by atoms with van der Waals surface area (Å²) in [7, 11) is 0. The van der Waals surface area contributed by atoms with E-state index < -0.39 is 0 Å². The van der Waals surface area contributed by atoms with Gasteiger partial charge in [0, 0.05) is 6.20 Å². The lowest BCUT2D eigenvalue weighted by Gasteiger charge is -1.86. The molecule has 1 heterocycles. The zero-order chi connectivity index (χ0) is 6.85. The van der Waals surface area contributed by atoms with E-state index in [9.17, 15) is 0 Å². The minimum absolute atomic E-state index is 0.718. The molecule has 0 aliphatic rings. The predicted octanol–water partition coefficient (Wildman–Crippen LogP) is 2.59. The summed E-state index contributed by atoms with van der Waals surface area (Å²) in [5.41, 5.74) is 1.12. The first-order valence-corrected chi connectivity index (χ1v) is 7.46. The summed E-state index contributed by atoms with van der Waals surface area (Å²) in [6, 6.07) is 0. The van der Waals surface area contributed by atoms with Crippen LogP contribution >= 0.6 is 51.0 Å². The Hall–Kier alpha value is 1.10. The van der Waals surface area contributed by atoms with Gasteiger partial charge < -0.3 is 0 Å². The van der Waals surface area contributed by atoms with Gasteiger partial charge in [0.2, 0.25) is 0 Å². The standard InChI is InChI=1S/C4H5I2N2P/c1-3-4(5)2-8(7-3)9-6/h2,9H,1H3. The molecule has 0 saturated heterocycles. The summed E-state index contributed by atoms with van der Waals surface area (Å²) < 4.78 is 3.20. The fourth-order valence-corrected chi connectivity index (χ4v) is 2.22. The Labute approximate surface area is 82.2 Å². The normalized spacial score (nSPS) is 11.4. The Kier molecular flexibility index (Phi) is 3.17. The third-order valence-corrected chi connectivity index (χ3v) is 3.87. The third kappa shape index (κ3) is 2.01. The molecule has 0 aliphatic heterocycles. The fourth-order valence-electron chi connectivity index (χ4n) is 0.482. The van der Waals surface area contributed by atoms with Crippen LogP contribution in [0.25, 0.3) is 0 Å². The van der Waals surface area contributed by atoms with Crippen molar-refractivity contribution in [3.8, 4) is 0 Å². The van der Waals surface area contributed by atoms with Crippen LogP contribution in [0.15, 0.2) is 6.20 Å². The predicted molar refractivity (Wildman–Crippen MR) is 57.4 cm³/mol. The fraction of sp³-hybridized carbons (Fsp3) is 0.250. The van der Waals surface area contributed by atoms with Crippen LogP contribution in [0.5, 0.6) is 0 Å². The number of rotatable bonds is 1. The van der Waals surface area contributed by atoms with Gasteiger partial charge in [0.15, 0.2) is 0 Å². The molecule has 9 heavy (non-hydrogen) atoms. The lowest BCUT2D eigenvalue weighted by Crippen LogP contribution is -1.79. The van der Waals surface area contributed by atoms with Crippen LogP contribution in [-0.2, 0) is 0 Å². The number of hydrogen-bond donors (Lipinski definition) is 0. The second-order valence-corrected chi connectivity index (χ2v) is 4.83. The number of aryl methyl sites for hydroxylation is 1. The summed E-state index contributed by atoms with van der Waals surface area (Å²) in [5.74, 6) is 0. The van der Waals surface area contributed by atoms with E-state index in [1.165, 1.54) is 3.57 Å². The zero-order valence-corrected chi connectivity index (χ0v) is 10.0. The van der Waals surface area contributed by atoms with Gasteiger partial charge in [-0.05, 0) is 51.6 Å². The molecular formula is C4H5I2N2P. The van der Waals surface area contributed by atoms with Gasteiger partial charge >= 0.3 is 0 Å². The highest BCUT2D eigenvalue weighted by Crippen LogP contribution is 2.24. The maximum Gasteiger partial charge on any atom is 0.0730 e. The van der Waals surface area contributed by atoms with Crippen LogP contribution in [0.2, 0.25) is 0 Å². The highest BCUT2D eigenvalue weighted by Gasteiger charge is 1.97. The van der Waals surface area contributed by atoms with Crippen molar-refractivity contribution in [3.63, 3.8) is 0 Å². The Morgan fingerprint density at radius 2 is 2.44 bits per heavy atom. The van der Waals surface area contributed by atoms with E-state index in [-0.39, 0.29) is 0 Å². The maximum absolute atomic E-state index is 4.24. The quantitative estimate of drug-likeness (QED) is 0.552. The molecule has 0 saturated carbocycles. The minimum atomic E-state index is 0.718. The molecule has 2 nitrogen and oxygen atoms in total. The average molecular weight is 366 g/mol. The molecule has 5 heteroatoms. The molecule has 50 valence electrons. The van der Waals surface area contributed by atoms with Gasteiger partial charge in [-0.25, -0.2) is 4.45 Å². The van der Waals surface area contributed by atoms with E-state index in [0.29, 0.717) is 0 Å². The van der Waals surface area contributed by atoms with E-state index in [4.69, 9.17) is 0 Å². The number of hydrogen-bond acceptors (Lipinski definition) is 1. The van der Waals surface area contributed by atoms with Crippen molar-refractivity contribution in [3.05, 3.63) is 15.5 Å². The van der Waals surface area contributed by atoms with Crippen molar-refractivity contribution in [1.82, 2.24) is 9.55 Å². The van der Waals surface area contributed by atoms with Crippen molar-refractivity contribution >= 4 is 51.0 Å². The lowest BCUT2D eigenvalue weighted by atomic mass is 10.5. The molecule has 1 atom stereocenters. The zero-order valence-electron chi connectivity index (χ0n) is 4.73. The Bertz CT molecular complexity index is 191. The molecule has 0 radical (unpaired) electrons. The van der Waals surface area contributed by atoms with Gasteiger partial charge in [-0.2, -0.15) is 5.10 Å². The van der Waals surface area contributed by atoms with Gasteiger partial charge in [-0.1, -0.05) is 0 Å². The Morgan fingerprint density at radius 1 is 1.78 bits per heavy atom. The van der Waals surface area contributed by atoms with E-state index in [1.54, 1.807) is 0 Å². The van der Waals surface area contributed by atoms with Crippen molar-refractivity contribution < 1.29 is 0 Å². The third-order valence-electron chi connectivity index (χ3n) is 0.926. The van der Waals surface area contributed by atoms with Crippen LogP contribution in [0.4, 0.5) is 0 Å². The van der Waals surface area contributed by atoms with Gasteiger partial charge in [0.05, 0.1) is 15.6 Å². The number of aromatic nitrogens is 2. The molecule has 0 aromatic carbocycles. The summed E-state index contributed by atoms with van der Waals surface area (Å²) in [5, 5.41) is 4.24. The summed E-state index contributed by atoms with van der Waals surface area (Å²) >= 11 is 4.59. The minimum Gasteiger partial charge on any atom is -0.244 e. The van der Waals surface area contributed by atoms with Gasteiger partial charge in [-0.15, -0.1) is 0 Å². The molecule has 1 aromatic rings. The van der Waals surface area contributed by atoms with Crippen LogP contribution in [0.1, 0.15) is 5.69 Å². The van der Waals surface area contributed by atoms with E-state index in [1.807, 2.05) is 11.4 Å². The van der Waals surface area contributed by atoms with Crippen LogP contribution in [0.3, 0.4) is 0 Å². The van der Waals surface area contributed by atoms with Crippen LogP contribution in [0, 0.1) is 10.5 Å².